The highest BCUT2D eigenvalue weighted by atomic mass is 35.5. The molecule has 0 atom stereocenters. The van der Waals surface area contributed by atoms with Crippen LogP contribution in [0, 0.1) is 0 Å². The summed E-state index contributed by atoms with van der Waals surface area (Å²) >= 11 is 5.95. The van der Waals surface area contributed by atoms with Crippen molar-refractivity contribution in [3.05, 3.63) is 23.0 Å². The highest BCUT2D eigenvalue weighted by Gasteiger charge is 2.22. The van der Waals surface area contributed by atoms with Crippen molar-refractivity contribution in [1.82, 2.24) is 9.97 Å². The number of nitrogens with two attached hydrogens (primary N) is 1. The van der Waals surface area contributed by atoms with Crippen molar-refractivity contribution in [2.24, 2.45) is 0 Å². The highest BCUT2D eigenvalue weighted by Crippen LogP contribution is 2.30. The fourth-order valence-corrected chi connectivity index (χ4v) is 1.82. The molecule has 4 heteroatoms. The fourth-order valence-electron chi connectivity index (χ4n) is 1.60. The molecule has 0 saturated heterocycles. The Morgan fingerprint density at radius 2 is 2.12 bits per heavy atom. The summed E-state index contributed by atoms with van der Waals surface area (Å²) in [5.41, 5.74) is 8.25. The Bertz CT molecular complexity index is 528. The molecular formula is C12H16ClN3. The minimum Gasteiger partial charge on any atom is -0.397 e. The molecule has 2 aromatic rings. The van der Waals surface area contributed by atoms with E-state index in [4.69, 9.17) is 17.3 Å². The fraction of sp³-hybridized carbons (Fsp3) is 0.417. The van der Waals surface area contributed by atoms with Gasteiger partial charge in [0.1, 0.15) is 11.3 Å². The number of hydrogen-bond donors (Lipinski definition) is 2. The van der Waals surface area contributed by atoms with Gasteiger partial charge in [-0.2, -0.15) is 0 Å². The molecule has 3 nitrogen and oxygen atoms in total. The SMILES string of the molecule is CCC(C)(C)c1nc2c(N)cc(Cl)cc2[nH]1. The van der Waals surface area contributed by atoms with Crippen molar-refractivity contribution >= 4 is 28.3 Å². The number of aromatic amines is 1. The van der Waals surface area contributed by atoms with Crippen LogP contribution in [-0.2, 0) is 5.41 Å². The Labute approximate surface area is 100 Å². The van der Waals surface area contributed by atoms with E-state index in [2.05, 4.69) is 30.7 Å². The number of fused-ring (bicyclic) bond motifs is 1. The summed E-state index contributed by atoms with van der Waals surface area (Å²) in [6.07, 6.45) is 1.01. The lowest BCUT2D eigenvalue weighted by atomic mass is 9.90. The van der Waals surface area contributed by atoms with Gasteiger partial charge in [0, 0.05) is 10.4 Å². The highest BCUT2D eigenvalue weighted by molar-refractivity contribution is 6.31. The van der Waals surface area contributed by atoms with Crippen LogP contribution in [0.25, 0.3) is 11.0 Å². The van der Waals surface area contributed by atoms with Gasteiger partial charge in [-0.3, -0.25) is 0 Å². The standard InChI is InChI=1S/C12H16ClN3/c1-4-12(2,3)11-15-9-6-7(13)5-8(14)10(9)16-11/h5-6H,4,14H2,1-3H3,(H,15,16). The van der Waals surface area contributed by atoms with Gasteiger partial charge in [0.15, 0.2) is 0 Å². The van der Waals surface area contributed by atoms with Crippen LogP contribution in [0.4, 0.5) is 5.69 Å². The van der Waals surface area contributed by atoms with Gasteiger partial charge in [-0.15, -0.1) is 0 Å². The van der Waals surface area contributed by atoms with Crippen LogP contribution < -0.4 is 5.73 Å². The molecule has 0 amide bonds. The first kappa shape index (κ1) is 11.3. The number of benzene rings is 1. The van der Waals surface area contributed by atoms with Gasteiger partial charge >= 0.3 is 0 Å². The average molecular weight is 238 g/mol. The monoisotopic (exact) mass is 237 g/mol. The molecule has 1 aromatic carbocycles. The third-order valence-corrected chi connectivity index (χ3v) is 3.32. The number of hydrogen-bond acceptors (Lipinski definition) is 2. The number of halogens is 1. The molecule has 86 valence electrons. The number of H-pyrrole nitrogens is 1. The molecule has 0 unspecified atom stereocenters. The van der Waals surface area contributed by atoms with Crippen molar-refractivity contribution in [2.45, 2.75) is 32.6 Å². The average Bonchev–Trinajstić information content (AvgIpc) is 2.62. The maximum Gasteiger partial charge on any atom is 0.113 e. The predicted octanol–water partition coefficient (Wildman–Crippen LogP) is 3.49. The summed E-state index contributed by atoms with van der Waals surface area (Å²) in [5, 5.41) is 0.634. The van der Waals surface area contributed by atoms with E-state index in [0.717, 1.165) is 23.3 Å². The predicted molar refractivity (Wildman–Crippen MR) is 68.8 cm³/mol. The third-order valence-electron chi connectivity index (χ3n) is 3.11. The van der Waals surface area contributed by atoms with E-state index in [1.54, 1.807) is 6.07 Å². The lowest BCUT2D eigenvalue weighted by Gasteiger charge is -2.18. The molecule has 3 N–H and O–H groups in total. The first-order chi connectivity index (χ1) is 7.44. The molecule has 0 aliphatic heterocycles. The maximum atomic E-state index is 5.95. The minimum atomic E-state index is 0.0257. The van der Waals surface area contributed by atoms with Crippen molar-refractivity contribution in [1.29, 1.82) is 0 Å². The van der Waals surface area contributed by atoms with Gasteiger partial charge in [0.05, 0.1) is 11.2 Å². The van der Waals surface area contributed by atoms with Crippen molar-refractivity contribution < 1.29 is 0 Å². The Balaban J connectivity index is 2.65. The van der Waals surface area contributed by atoms with Gasteiger partial charge in [0.25, 0.3) is 0 Å². The Morgan fingerprint density at radius 3 is 2.75 bits per heavy atom. The van der Waals surface area contributed by atoms with Crippen LogP contribution in [0.5, 0.6) is 0 Å². The second-order valence-electron chi connectivity index (χ2n) is 4.71. The zero-order valence-corrected chi connectivity index (χ0v) is 10.5. The number of nitrogen functional groups attached to an aromatic ring is 1. The first-order valence-electron chi connectivity index (χ1n) is 5.39. The zero-order chi connectivity index (χ0) is 11.9. The molecule has 0 radical (unpaired) electrons. The quantitative estimate of drug-likeness (QED) is 0.786. The Hall–Kier alpha value is -1.22. The van der Waals surface area contributed by atoms with E-state index in [9.17, 15) is 0 Å². The van der Waals surface area contributed by atoms with E-state index in [1.165, 1.54) is 0 Å². The molecule has 2 rings (SSSR count). The lowest BCUT2D eigenvalue weighted by molar-refractivity contribution is 0.479. The molecule has 0 aliphatic rings. The summed E-state index contributed by atoms with van der Waals surface area (Å²) < 4.78 is 0. The summed E-state index contributed by atoms with van der Waals surface area (Å²) in [6.45, 7) is 6.45. The van der Waals surface area contributed by atoms with Crippen LogP contribution in [0.2, 0.25) is 5.02 Å². The topological polar surface area (TPSA) is 54.7 Å². The molecule has 0 saturated carbocycles. The van der Waals surface area contributed by atoms with E-state index in [-0.39, 0.29) is 5.41 Å². The molecule has 0 spiro atoms. The van der Waals surface area contributed by atoms with Crippen molar-refractivity contribution in [3.63, 3.8) is 0 Å². The number of imidazole rings is 1. The van der Waals surface area contributed by atoms with Crippen LogP contribution in [0.1, 0.15) is 33.0 Å². The molecular weight excluding hydrogens is 222 g/mol. The van der Waals surface area contributed by atoms with E-state index in [1.807, 2.05) is 6.07 Å². The number of aromatic nitrogens is 2. The smallest absolute Gasteiger partial charge is 0.113 e. The van der Waals surface area contributed by atoms with Crippen LogP contribution in [-0.4, -0.2) is 9.97 Å². The largest absolute Gasteiger partial charge is 0.397 e. The molecule has 1 heterocycles. The second kappa shape index (κ2) is 3.67. The Kier molecular flexibility index (Phi) is 2.58. The minimum absolute atomic E-state index is 0.0257. The zero-order valence-electron chi connectivity index (χ0n) is 9.76. The van der Waals surface area contributed by atoms with Crippen molar-refractivity contribution in [3.8, 4) is 0 Å². The molecule has 16 heavy (non-hydrogen) atoms. The summed E-state index contributed by atoms with van der Waals surface area (Å²) in [6, 6.07) is 3.59. The van der Waals surface area contributed by atoms with E-state index >= 15 is 0 Å². The number of anilines is 1. The molecule has 1 aromatic heterocycles. The van der Waals surface area contributed by atoms with E-state index < -0.39 is 0 Å². The number of rotatable bonds is 2. The number of nitrogens with zero attached hydrogens (tertiary/aromatic N) is 1. The van der Waals surface area contributed by atoms with Crippen LogP contribution in [0.15, 0.2) is 12.1 Å². The molecule has 0 bridgehead atoms. The third kappa shape index (κ3) is 1.76. The maximum absolute atomic E-state index is 5.95. The van der Waals surface area contributed by atoms with Gasteiger partial charge in [-0.1, -0.05) is 32.4 Å². The summed E-state index contributed by atoms with van der Waals surface area (Å²) in [4.78, 5) is 7.85. The Morgan fingerprint density at radius 1 is 1.44 bits per heavy atom. The second-order valence-corrected chi connectivity index (χ2v) is 5.15. The van der Waals surface area contributed by atoms with Gasteiger partial charge in [0.2, 0.25) is 0 Å². The van der Waals surface area contributed by atoms with Crippen molar-refractivity contribution in [2.75, 3.05) is 5.73 Å². The lowest BCUT2D eigenvalue weighted by Crippen LogP contribution is -2.17. The summed E-state index contributed by atoms with van der Waals surface area (Å²) in [7, 11) is 0. The molecule has 0 aliphatic carbocycles. The van der Waals surface area contributed by atoms with Crippen LogP contribution in [0.3, 0.4) is 0 Å². The first-order valence-corrected chi connectivity index (χ1v) is 5.77. The summed E-state index contributed by atoms with van der Waals surface area (Å²) in [5.74, 6) is 0.957. The van der Waals surface area contributed by atoms with Crippen LogP contribution >= 0.6 is 11.6 Å². The van der Waals surface area contributed by atoms with Gasteiger partial charge < -0.3 is 10.7 Å². The van der Waals surface area contributed by atoms with Gasteiger partial charge in [-0.05, 0) is 18.6 Å². The normalized spacial score (nSPS) is 12.2. The number of nitrogens with one attached hydrogen (secondary N) is 1. The molecule has 0 fully saturated rings. The van der Waals surface area contributed by atoms with Gasteiger partial charge in [-0.25, -0.2) is 4.98 Å². The van der Waals surface area contributed by atoms with E-state index in [0.29, 0.717) is 10.7 Å².